The first-order chi connectivity index (χ1) is 12.2. The van der Waals surface area contributed by atoms with Gasteiger partial charge in [0.05, 0.1) is 18.6 Å². The Morgan fingerprint density at radius 3 is 2.44 bits per heavy atom. The fraction of sp³-hybridized carbons (Fsp3) is 0.300. The minimum atomic E-state index is -0.158. The van der Waals surface area contributed by atoms with Crippen LogP contribution in [0.1, 0.15) is 35.5 Å². The summed E-state index contributed by atoms with van der Waals surface area (Å²) >= 11 is 0. The van der Waals surface area contributed by atoms with Crippen LogP contribution in [0.4, 0.5) is 0 Å². The molecule has 2 aromatic carbocycles. The maximum atomic E-state index is 12.4. The van der Waals surface area contributed by atoms with Gasteiger partial charge in [-0.25, -0.2) is 0 Å². The molecule has 3 rings (SSSR count). The predicted molar refractivity (Wildman–Crippen MR) is 99.5 cm³/mol. The first-order valence-electron chi connectivity index (χ1n) is 8.84. The highest BCUT2D eigenvalue weighted by molar-refractivity contribution is 6.04. The lowest BCUT2D eigenvalue weighted by Crippen LogP contribution is -3.10. The van der Waals surface area contributed by atoms with Crippen molar-refractivity contribution in [2.75, 3.05) is 13.1 Å². The second-order valence-corrected chi connectivity index (χ2v) is 6.25. The largest absolute Gasteiger partial charge is 0.347 e. The van der Waals surface area contributed by atoms with Gasteiger partial charge in [0.25, 0.3) is 5.91 Å². The van der Waals surface area contributed by atoms with Crippen LogP contribution in [0.15, 0.2) is 48.5 Å². The van der Waals surface area contributed by atoms with Crippen LogP contribution in [0, 0.1) is 0 Å². The molecule has 0 saturated carbocycles. The number of hydrogen-bond acceptors (Lipinski definition) is 2. The van der Waals surface area contributed by atoms with Gasteiger partial charge in [0, 0.05) is 17.5 Å². The maximum Gasteiger partial charge on any atom is 0.272 e. The minimum Gasteiger partial charge on any atom is -0.347 e. The lowest BCUT2D eigenvalue weighted by atomic mass is 10.1. The Labute approximate surface area is 148 Å². The molecule has 0 aliphatic heterocycles. The first kappa shape index (κ1) is 17.2. The van der Waals surface area contributed by atoms with Crippen molar-refractivity contribution in [1.82, 2.24) is 15.5 Å². The SMILES string of the molecule is CC[NH+](CC)Cc1ccc(CNC(=O)c2n[nH]c3ccccc23)cc1. The normalized spacial score (nSPS) is 11.2. The summed E-state index contributed by atoms with van der Waals surface area (Å²) in [4.78, 5) is 13.9. The fourth-order valence-corrected chi connectivity index (χ4v) is 2.97. The molecule has 1 heterocycles. The van der Waals surface area contributed by atoms with Gasteiger partial charge in [-0.15, -0.1) is 0 Å². The molecule has 0 aliphatic rings. The van der Waals surface area contributed by atoms with Crippen LogP contribution >= 0.6 is 0 Å². The number of nitrogens with one attached hydrogen (secondary N) is 3. The van der Waals surface area contributed by atoms with Crippen LogP contribution in [0.2, 0.25) is 0 Å². The third-order valence-corrected chi connectivity index (χ3v) is 4.62. The number of quaternary nitrogens is 1. The molecular formula is C20H25N4O+. The molecule has 0 unspecified atom stereocenters. The van der Waals surface area contributed by atoms with Gasteiger partial charge in [0.2, 0.25) is 0 Å². The second-order valence-electron chi connectivity index (χ2n) is 6.25. The quantitative estimate of drug-likeness (QED) is 0.617. The summed E-state index contributed by atoms with van der Waals surface area (Å²) in [5, 5.41) is 10.8. The molecule has 25 heavy (non-hydrogen) atoms. The van der Waals surface area contributed by atoms with Gasteiger partial charge in [-0.2, -0.15) is 5.10 Å². The van der Waals surface area contributed by atoms with E-state index >= 15 is 0 Å². The highest BCUT2D eigenvalue weighted by atomic mass is 16.1. The van der Waals surface area contributed by atoms with E-state index in [-0.39, 0.29) is 5.91 Å². The van der Waals surface area contributed by atoms with E-state index in [1.165, 1.54) is 5.56 Å². The number of fused-ring (bicyclic) bond motifs is 1. The molecule has 1 amide bonds. The molecular weight excluding hydrogens is 312 g/mol. The van der Waals surface area contributed by atoms with Gasteiger partial charge < -0.3 is 10.2 Å². The monoisotopic (exact) mass is 337 g/mol. The molecule has 5 heteroatoms. The Morgan fingerprint density at radius 2 is 1.72 bits per heavy atom. The Morgan fingerprint density at radius 1 is 1.04 bits per heavy atom. The van der Waals surface area contributed by atoms with Crippen LogP contribution in [0.3, 0.4) is 0 Å². The van der Waals surface area contributed by atoms with E-state index in [1.807, 2.05) is 24.3 Å². The Kier molecular flexibility index (Phi) is 5.46. The number of carbonyl (C=O) groups excluding carboxylic acids is 1. The van der Waals surface area contributed by atoms with Crippen molar-refractivity contribution < 1.29 is 9.69 Å². The highest BCUT2D eigenvalue weighted by Crippen LogP contribution is 2.15. The number of aromatic amines is 1. The van der Waals surface area contributed by atoms with Crippen LogP contribution in [-0.4, -0.2) is 29.2 Å². The number of nitrogens with zero attached hydrogens (tertiary/aromatic N) is 1. The van der Waals surface area contributed by atoms with Gasteiger partial charge in [0.1, 0.15) is 6.54 Å². The van der Waals surface area contributed by atoms with Crippen molar-refractivity contribution in [2.45, 2.75) is 26.9 Å². The summed E-state index contributed by atoms with van der Waals surface area (Å²) < 4.78 is 0. The molecule has 130 valence electrons. The van der Waals surface area contributed by atoms with Crippen molar-refractivity contribution in [2.24, 2.45) is 0 Å². The molecule has 5 nitrogen and oxygen atoms in total. The summed E-state index contributed by atoms with van der Waals surface area (Å²) in [6.45, 7) is 8.22. The molecule has 0 aliphatic carbocycles. The van der Waals surface area contributed by atoms with Gasteiger partial charge in [0.15, 0.2) is 5.69 Å². The number of aromatic nitrogens is 2. The highest BCUT2D eigenvalue weighted by Gasteiger charge is 2.13. The van der Waals surface area contributed by atoms with E-state index in [9.17, 15) is 4.79 Å². The summed E-state index contributed by atoms with van der Waals surface area (Å²) in [6.07, 6.45) is 0. The average Bonchev–Trinajstić information content (AvgIpc) is 3.09. The number of rotatable bonds is 7. The van der Waals surface area contributed by atoms with E-state index in [0.717, 1.165) is 36.1 Å². The molecule has 1 aromatic heterocycles. The Hall–Kier alpha value is -2.66. The van der Waals surface area contributed by atoms with Crippen LogP contribution in [0.5, 0.6) is 0 Å². The minimum absolute atomic E-state index is 0.158. The molecule has 0 fully saturated rings. The number of benzene rings is 2. The lowest BCUT2D eigenvalue weighted by molar-refractivity contribution is -0.910. The van der Waals surface area contributed by atoms with E-state index in [4.69, 9.17) is 0 Å². The zero-order valence-electron chi connectivity index (χ0n) is 14.8. The van der Waals surface area contributed by atoms with Crippen molar-refractivity contribution in [1.29, 1.82) is 0 Å². The van der Waals surface area contributed by atoms with Crippen molar-refractivity contribution in [3.63, 3.8) is 0 Å². The average molecular weight is 337 g/mol. The predicted octanol–water partition coefficient (Wildman–Crippen LogP) is 1.92. The van der Waals surface area contributed by atoms with E-state index in [1.54, 1.807) is 4.90 Å². The molecule has 0 bridgehead atoms. The number of H-pyrrole nitrogens is 1. The van der Waals surface area contributed by atoms with E-state index in [0.29, 0.717) is 12.2 Å². The smallest absolute Gasteiger partial charge is 0.272 e. The van der Waals surface area contributed by atoms with Crippen molar-refractivity contribution in [3.05, 3.63) is 65.4 Å². The summed E-state index contributed by atoms with van der Waals surface area (Å²) in [6, 6.07) is 16.1. The molecule has 3 N–H and O–H groups in total. The Bertz CT molecular complexity index is 834. The standard InChI is InChI=1S/C20H24N4O/c1-3-24(4-2)14-16-11-9-15(10-12-16)13-21-20(25)19-17-7-5-6-8-18(17)22-23-19/h5-12H,3-4,13-14H2,1-2H3,(H,21,25)(H,22,23)/p+1. The van der Waals surface area contributed by atoms with Gasteiger partial charge in [-0.3, -0.25) is 9.89 Å². The topological polar surface area (TPSA) is 62.2 Å². The van der Waals surface area contributed by atoms with Crippen molar-refractivity contribution in [3.8, 4) is 0 Å². The second kappa shape index (κ2) is 7.94. The number of hydrogen-bond donors (Lipinski definition) is 3. The van der Waals surface area contributed by atoms with Gasteiger partial charge in [-0.1, -0.05) is 42.5 Å². The number of para-hydroxylation sites is 1. The van der Waals surface area contributed by atoms with Gasteiger partial charge in [-0.05, 0) is 25.5 Å². The Balaban J connectivity index is 1.60. The fourth-order valence-electron chi connectivity index (χ4n) is 2.97. The molecule has 0 spiro atoms. The maximum absolute atomic E-state index is 12.4. The van der Waals surface area contributed by atoms with Crippen LogP contribution in [-0.2, 0) is 13.1 Å². The van der Waals surface area contributed by atoms with E-state index < -0.39 is 0 Å². The zero-order valence-corrected chi connectivity index (χ0v) is 14.8. The summed E-state index contributed by atoms with van der Waals surface area (Å²) in [5.74, 6) is -0.158. The van der Waals surface area contributed by atoms with Gasteiger partial charge >= 0.3 is 0 Å². The molecule has 0 saturated heterocycles. The third kappa shape index (κ3) is 4.06. The zero-order chi connectivity index (χ0) is 17.6. The summed E-state index contributed by atoms with van der Waals surface area (Å²) in [5.41, 5.74) is 3.73. The molecule has 3 aromatic rings. The molecule has 0 atom stereocenters. The third-order valence-electron chi connectivity index (χ3n) is 4.62. The van der Waals surface area contributed by atoms with E-state index in [2.05, 4.69) is 53.6 Å². The number of carbonyl (C=O) groups is 1. The van der Waals surface area contributed by atoms with Crippen LogP contribution < -0.4 is 10.2 Å². The first-order valence-corrected chi connectivity index (χ1v) is 8.84. The molecule has 0 radical (unpaired) electrons. The van der Waals surface area contributed by atoms with Crippen LogP contribution in [0.25, 0.3) is 10.9 Å². The lowest BCUT2D eigenvalue weighted by Gasteiger charge is -2.15. The summed E-state index contributed by atoms with van der Waals surface area (Å²) in [7, 11) is 0. The van der Waals surface area contributed by atoms with Crippen molar-refractivity contribution >= 4 is 16.8 Å². The number of amides is 1.